The van der Waals surface area contributed by atoms with Gasteiger partial charge in [-0.1, -0.05) is 30.3 Å². The molecule has 148 valence electrons. The van der Waals surface area contributed by atoms with Crippen LogP contribution in [0.25, 0.3) is 0 Å². The maximum absolute atomic E-state index is 12.6. The number of benzene rings is 2. The van der Waals surface area contributed by atoms with Crippen molar-refractivity contribution in [2.24, 2.45) is 0 Å². The quantitative estimate of drug-likeness (QED) is 0.676. The summed E-state index contributed by atoms with van der Waals surface area (Å²) in [7, 11) is 4.64. The molecule has 0 spiro atoms. The molecular formula is C20H24N4O4. The van der Waals surface area contributed by atoms with Crippen LogP contribution in [0.1, 0.15) is 11.6 Å². The molecular weight excluding hydrogens is 360 g/mol. The number of anilines is 1. The van der Waals surface area contributed by atoms with Crippen molar-refractivity contribution in [1.29, 1.82) is 0 Å². The van der Waals surface area contributed by atoms with Crippen LogP contribution in [-0.4, -0.2) is 50.5 Å². The highest BCUT2D eigenvalue weighted by atomic mass is 16.5. The molecule has 4 amide bonds. The molecule has 3 N–H and O–H groups in total. The summed E-state index contributed by atoms with van der Waals surface area (Å²) in [5.74, 6) is -0.128. The lowest BCUT2D eigenvalue weighted by Crippen LogP contribution is -2.46. The summed E-state index contributed by atoms with van der Waals surface area (Å²) in [4.78, 5) is 38.1. The lowest BCUT2D eigenvalue weighted by atomic mass is 10.0. The third-order valence-corrected chi connectivity index (χ3v) is 4.04. The van der Waals surface area contributed by atoms with E-state index in [0.29, 0.717) is 17.0 Å². The van der Waals surface area contributed by atoms with Gasteiger partial charge in [0.05, 0.1) is 13.7 Å². The molecule has 0 bridgehead atoms. The molecule has 0 fully saturated rings. The molecule has 0 radical (unpaired) electrons. The summed E-state index contributed by atoms with van der Waals surface area (Å²) in [5.41, 5.74) is 1.29. The Balaban J connectivity index is 2.10. The predicted octanol–water partition coefficient (Wildman–Crippen LogP) is 1.76. The molecule has 1 atom stereocenters. The summed E-state index contributed by atoms with van der Waals surface area (Å²) < 4.78 is 5.09. The fourth-order valence-corrected chi connectivity index (χ4v) is 2.68. The van der Waals surface area contributed by atoms with E-state index in [0.717, 1.165) is 0 Å². The van der Waals surface area contributed by atoms with Crippen molar-refractivity contribution in [3.63, 3.8) is 0 Å². The minimum Gasteiger partial charge on any atom is -0.497 e. The Bertz CT molecular complexity index is 809. The molecule has 2 aromatic rings. The van der Waals surface area contributed by atoms with Crippen LogP contribution >= 0.6 is 0 Å². The first kappa shape index (κ1) is 20.9. The van der Waals surface area contributed by atoms with Crippen molar-refractivity contribution in [2.75, 3.05) is 33.1 Å². The molecule has 2 rings (SSSR count). The Labute approximate surface area is 163 Å². The number of rotatable bonds is 7. The molecule has 8 nitrogen and oxygen atoms in total. The van der Waals surface area contributed by atoms with Crippen LogP contribution in [0.2, 0.25) is 0 Å². The van der Waals surface area contributed by atoms with Crippen LogP contribution in [0.15, 0.2) is 54.6 Å². The lowest BCUT2D eigenvalue weighted by molar-refractivity contribution is -0.126. The molecule has 0 heterocycles. The van der Waals surface area contributed by atoms with Crippen LogP contribution < -0.4 is 20.7 Å². The maximum Gasteiger partial charge on any atom is 0.321 e. The van der Waals surface area contributed by atoms with E-state index in [1.54, 1.807) is 67.6 Å². The maximum atomic E-state index is 12.6. The minimum atomic E-state index is -0.805. The number of hydrogen-bond donors (Lipinski definition) is 3. The van der Waals surface area contributed by atoms with Gasteiger partial charge in [-0.3, -0.25) is 19.8 Å². The Kier molecular flexibility index (Phi) is 7.53. The molecule has 0 aliphatic carbocycles. The van der Waals surface area contributed by atoms with Gasteiger partial charge in [-0.05, 0) is 36.9 Å². The normalized spacial score (nSPS) is 11.4. The van der Waals surface area contributed by atoms with E-state index in [4.69, 9.17) is 4.74 Å². The first-order valence-electron chi connectivity index (χ1n) is 8.66. The third kappa shape index (κ3) is 5.82. The van der Waals surface area contributed by atoms with Crippen molar-refractivity contribution in [3.8, 4) is 5.75 Å². The van der Waals surface area contributed by atoms with Gasteiger partial charge in [-0.25, -0.2) is 4.79 Å². The van der Waals surface area contributed by atoms with Gasteiger partial charge in [-0.2, -0.15) is 0 Å². The summed E-state index contributed by atoms with van der Waals surface area (Å²) in [6, 6.07) is 14.5. The van der Waals surface area contributed by atoms with E-state index in [2.05, 4.69) is 16.0 Å². The van der Waals surface area contributed by atoms with E-state index in [1.165, 1.54) is 7.05 Å². The standard InChI is InChI=1S/C20H24N4O4/c1-21-20(27)23-19(26)18(14-7-5-4-6-8-14)24(2)13-17(25)22-15-9-11-16(28-3)12-10-15/h4-12,18H,13H2,1-3H3,(H,22,25)(H2,21,23,26,27). The van der Waals surface area contributed by atoms with E-state index in [9.17, 15) is 14.4 Å². The molecule has 0 aromatic heterocycles. The van der Waals surface area contributed by atoms with Gasteiger partial charge in [0, 0.05) is 12.7 Å². The van der Waals surface area contributed by atoms with Gasteiger partial charge in [-0.15, -0.1) is 0 Å². The number of methoxy groups -OCH3 is 1. The Hall–Kier alpha value is -3.39. The Morgan fingerprint density at radius 1 is 1.04 bits per heavy atom. The SMILES string of the molecule is CNC(=O)NC(=O)C(c1ccccc1)N(C)CC(=O)Nc1ccc(OC)cc1. The lowest BCUT2D eigenvalue weighted by Gasteiger charge is -2.26. The molecule has 0 saturated carbocycles. The van der Waals surface area contributed by atoms with Gasteiger partial charge in [0.2, 0.25) is 11.8 Å². The average Bonchev–Trinajstić information content (AvgIpc) is 2.69. The van der Waals surface area contributed by atoms with Crippen molar-refractivity contribution in [1.82, 2.24) is 15.5 Å². The zero-order valence-electron chi connectivity index (χ0n) is 16.1. The van der Waals surface area contributed by atoms with Gasteiger partial charge < -0.3 is 15.4 Å². The predicted molar refractivity (Wildman–Crippen MR) is 106 cm³/mol. The topological polar surface area (TPSA) is 99.8 Å². The Morgan fingerprint density at radius 3 is 2.25 bits per heavy atom. The van der Waals surface area contributed by atoms with Crippen LogP contribution in [0.4, 0.5) is 10.5 Å². The van der Waals surface area contributed by atoms with E-state index >= 15 is 0 Å². The van der Waals surface area contributed by atoms with Crippen LogP contribution in [0.3, 0.4) is 0 Å². The van der Waals surface area contributed by atoms with Gasteiger partial charge in [0.15, 0.2) is 0 Å². The zero-order valence-corrected chi connectivity index (χ0v) is 16.1. The zero-order chi connectivity index (χ0) is 20.5. The monoisotopic (exact) mass is 384 g/mol. The number of ether oxygens (including phenoxy) is 1. The molecule has 0 saturated heterocycles. The first-order valence-corrected chi connectivity index (χ1v) is 8.66. The second-order valence-electron chi connectivity index (χ2n) is 6.07. The number of hydrogen-bond acceptors (Lipinski definition) is 5. The fraction of sp³-hybridized carbons (Fsp3) is 0.250. The highest BCUT2D eigenvalue weighted by Crippen LogP contribution is 2.20. The number of nitrogens with zero attached hydrogens (tertiary/aromatic N) is 1. The number of likely N-dealkylation sites (N-methyl/N-ethyl adjacent to an activating group) is 1. The smallest absolute Gasteiger partial charge is 0.321 e. The summed E-state index contributed by atoms with van der Waals surface area (Å²) in [6.07, 6.45) is 0. The van der Waals surface area contributed by atoms with E-state index in [1.807, 2.05) is 6.07 Å². The second-order valence-corrected chi connectivity index (χ2v) is 6.07. The summed E-state index contributed by atoms with van der Waals surface area (Å²) >= 11 is 0. The van der Waals surface area contributed by atoms with Gasteiger partial charge >= 0.3 is 6.03 Å². The molecule has 8 heteroatoms. The van der Waals surface area contributed by atoms with Crippen LogP contribution in [0, 0.1) is 0 Å². The molecule has 28 heavy (non-hydrogen) atoms. The average molecular weight is 384 g/mol. The third-order valence-electron chi connectivity index (χ3n) is 4.04. The number of carbonyl (C=O) groups is 3. The van der Waals surface area contributed by atoms with Crippen LogP contribution in [0.5, 0.6) is 5.75 Å². The summed E-state index contributed by atoms with van der Waals surface area (Å²) in [5, 5.41) is 7.39. The largest absolute Gasteiger partial charge is 0.497 e. The second kappa shape index (κ2) is 10.1. The number of imide groups is 1. The van der Waals surface area contributed by atoms with Gasteiger partial charge in [0.1, 0.15) is 11.8 Å². The number of amides is 4. The van der Waals surface area contributed by atoms with Crippen molar-refractivity contribution in [3.05, 3.63) is 60.2 Å². The fourth-order valence-electron chi connectivity index (χ4n) is 2.68. The molecule has 1 unspecified atom stereocenters. The van der Waals surface area contributed by atoms with Gasteiger partial charge in [0.25, 0.3) is 0 Å². The van der Waals surface area contributed by atoms with E-state index in [-0.39, 0.29) is 12.5 Å². The van der Waals surface area contributed by atoms with Crippen molar-refractivity contribution in [2.45, 2.75) is 6.04 Å². The van der Waals surface area contributed by atoms with Crippen LogP contribution in [-0.2, 0) is 9.59 Å². The molecule has 2 aromatic carbocycles. The molecule has 0 aliphatic rings. The highest BCUT2D eigenvalue weighted by Gasteiger charge is 2.27. The highest BCUT2D eigenvalue weighted by molar-refractivity contribution is 5.98. The number of urea groups is 1. The Morgan fingerprint density at radius 2 is 1.68 bits per heavy atom. The van der Waals surface area contributed by atoms with Crippen molar-refractivity contribution >= 4 is 23.5 Å². The van der Waals surface area contributed by atoms with Crippen molar-refractivity contribution < 1.29 is 19.1 Å². The van der Waals surface area contributed by atoms with E-state index < -0.39 is 18.0 Å². The molecule has 0 aliphatic heterocycles. The first-order chi connectivity index (χ1) is 13.4. The number of carbonyl (C=O) groups excluding carboxylic acids is 3. The summed E-state index contributed by atoms with van der Waals surface area (Å²) in [6.45, 7) is -0.0489. The minimum absolute atomic E-state index is 0.0489. The number of nitrogens with one attached hydrogen (secondary N) is 3.